The third-order valence-electron chi connectivity index (χ3n) is 2.78. The molecule has 1 atom stereocenters. The molecule has 2 nitrogen and oxygen atoms in total. The van der Waals surface area contributed by atoms with Gasteiger partial charge in [0.1, 0.15) is 5.75 Å². The SMILES string of the molecule is Cc1cc(C)c2c(c1)OCCC[C@@H]2N. The number of ether oxygens (including phenoxy) is 1. The van der Waals surface area contributed by atoms with E-state index in [9.17, 15) is 0 Å². The maximum Gasteiger partial charge on any atom is 0.124 e. The minimum atomic E-state index is 0.146. The molecule has 76 valence electrons. The second-order valence-electron chi connectivity index (χ2n) is 4.09. The van der Waals surface area contributed by atoms with Crippen molar-refractivity contribution in [3.8, 4) is 5.75 Å². The highest BCUT2D eigenvalue weighted by atomic mass is 16.5. The zero-order chi connectivity index (χ0) is 10.1. The molecule has 2 rings (SSSR count). The molecule has 0 aliphatic carbocycles. The summed E-state index contributed by atoms with van der Waals surface area (Å²) in [7, 11) is 0. The number of aryl methyl sites for hydroxylation is 2. The zero-order valence-electron chi connectivity index (χ0n) is 8.84. The Labute approximate surface area is 85.1 Å². The van der Waals surface area contributed by atoms with E-state index < -0.39 is 0 Å². The van der Waals surface area contributed by atoms with Gasteiger partial charge in [-0.1, -0.05) is 6.07 Å². The van der Waals surface area contributed by atoms with Gasteiger partial charge in [-0.2, -0.15) is 0 Å². The van der Waals surface area contributed by atoms with E-state index in [-0.39, 0.29) is 6.04 Å². The van der Waals surface area contributed by atoms with Gasteiger partial charge >= 0.3 is 0 Å². The minimum Gasteiger partial charge on any atom is -0.493 e. The van der Waals surface area contributed by atoms with Crippen molar-refractivity contribution >= 4 is 0 Å². The molecule has 1 aromatic carbocycles. The van der Waals surface area contributed by atoms with Crippen molar-refractivity contribution in [1.82, 2.24) is 0 Å². The molecule has 0 fully saturated rings. The summed E-state index contributed by atoms with van der Waals surface area (Å²) in [6, 6.07) is 4.41. The first-order valence-electron chi connectivity index (χ1n) is 5.18. The van der Waals surface area contributed by atoms with E-state index in [2.05, 4.69) is 26.0 Å². The van der Waals surface area contributed by atoms with Crippen molar-refractivity contribution in [2.75, 3.05) is 6.61 Å². The number of hydrogen-bond acceptors (Lipinski definition) is 2. The van der Waals surface area contributed by atoms with Crippen molar-refractivity contribution in [3.05, 3.63) is 28.8 Å². The number of hydrogen-bond donors (Lipinski definition) is 1. The van der Waals surface area contributed by atoms with Crippen LogP contribution in [0.4, 0.5) is 0 Å². The van der Waals surface area contributed by atoms with Crippen LogP contribution in [0.25, 0.3) is 0 Å². The van der Waals surface area contributed by atoms with Gasteiger partial charge in [-0.3, -0.25) is 0 Å². The van der Waals surface area contributed by atoms with Gasteiger partial charge in [-0.15, -0.1) is 0 Å². The first-order valence-corrected chi connectivity index (χ1v) is 5.18. The van der Waals surface area contributed by atoms with Crippen molar-refractivity contribution < 1.29 is 4.74 Å². The molecule has 14 heavy (non-hydrogen) atoms. The van der Waals surface area contributed by atoms with Crippen LogP contribution in [0, 0.1) is 13.8 Å². The van der Waals surface area contributed by atoms with E-state index >= 15 is 0 Å². The van der Waals surface area contributed by atoms with Gasteiger partial charge in [-0.25, -0.2) is 0 Å². The van der Waals surface area contributed by atoms with E-state index in [0.29, 0.717) is 0 Å². The fourth-order valence-corrected chi connectivity index (χ4v) is 2.16. The van der Waals surface area contributed by atoms with Crippen molar-refractivity contribution in [1.29, 1.82) is 0 Å². The Kier molecular flexibility index (Phi) is 2.46. The molecule has 1 heterocycles. The highest BCUT2D eigenvalue weighted by Crippen LogP contribution is 2.33. The molecular formula is C12H17NO. The fraction of sp³-hybridized carbons (Fsp3) is 0.500. The van der Waals surface area contributed by atoms with Crippen molar-refractivity contribution in [3.63, 3.8) is 0 Å². The lowest BCUT2D eigenvalue weighted by Gasteiger charge is -2.15. The van der Waals surface area contributed by atoms with Crippen LogP contribution in [0.3, 0.4) is 0 Å². The van der Waals surface area contributed by atoms with E-state index in [1.165, 1.54) is 16.7 Å². The van der Waals surface area contributed by atoms with Crippen LogP contribution in [-0.4, -0.2) is 6.61 Å². The number of benzene rings is 1. The molecule has 0 unspecified atom stereocenters. The lowest BCUT2D eigenvalue weighted by molar-refractivity contribution is 0.316. The summed E-state index contributed by atoms with van der Waals surface area (Å²) in [5, 5.41) is 0. The monoisotopic (exact) mass is 191 g/mol. The Morgan fingerprint density at radius 2 is 2.14 bits per heavy atom. The molecule has 1 aliphatic heterocycles. The normalized spacial score (nSPS) is 20.9. The maximum absolute atomic E-state index is 6.12. The standard InChI is InChI=1S/C12H17NO/c1-8-6-9(2)12-10(13)4-3-5-14-11(12)7-8/h6-7,10H,3-5,13H2,1-2H3/t10-/m0/s1. The van der Waals surface area contributed by atoms with Gasteiger partial charge < -0.3 is 10.5 Å². The highest BCUT2D eigenvalue weighted by molar-refractivity contribution is 5.45. The van der Waals surface area contributed by atoms with Crippen LogP contribution in [-0.2, 0) is 0 Å². The van der Waals surface area contributed by atoms with E-state index in [4.69, 9.17) is 10.5 Å². The smallest absolute Gasteiger partial charge is 0.124 e. The number of rotatable bonds is 0. The van der Waals surface area contributed by atoms with Gasteiger partial charge in [0.15, 0.2) is 0 Å². The Bertz CT molecular complexity index is 346. The summed E-state index contributed by atoms with van der Waals surface area (Å²) in [4.78, 5) is 0. The van der Waals surface area contributed by atoms with Crippen LogP contribution in [0.15, 0.2) is 12.1 Å². The predicted molar refractivity (Wildman–Crippen MR) is 57.6 cm³/mol. The van der Waals surface area contributed by atoms with E-state index in [1.54, 1.807) is 0 Å². The highest BCUT2D eigenvalue weighted by Gasteiger charge is 2.18. The lowest BCUT2D eigenvalue weighted by atomic mass is 9.96. The third kappa shape index (κ3) is 1.62. The Balaban J connectivity index is 2.53. The summed E-state index contributed by atoms with van der Waals surface area (Å²) in [5.41, 5.74) is 9.82. The molecule has 0 amide bonds. The van der Waals surface area contributed by atoms with Crippen LogP contribution in [0.1, 0.15) is 35.6 Å². The Morgan fingerprint density at radius 1 is 1.36 bits per heavy atom. The lowest BCUT2D eigenvalue weighted by Crippen LogP contribution is -2.10. The Morgan fingerprint density at radius 3 is 2.93 bits per heavy atom. The topological polar surface area (TPSA) is 35.2 Å². The minimum absolute atomic E-state index is 0.146. The molecule has 0 radical (unpaired) electrons. The van der Waals surface area contributed by atoms with Crippen LogP contribution < -0.4 is 10.5 Å². The second-order valence-corrected chi connectivity index (χ2v) is 4.09. The van der Waals surface area contributed by atoms with E-state index in [0.717, 1.165) is 25.2 Å². The van der Waals surface area contributed by atoms with Gasteiger partial charge in [0, 0.05) is 11.6 Å². The molecule has 0 aromatic heterocycles. The Hall–Kier alpha value is -1.02. The summed E-state index contributed by atoms with van der Waals surface area (Å²) in [6.45, 7) is 5.00. The maximum atomic E-state index is 6.12. The molecule has 0 saturated carbocycles. The zero-order valence-corrected chi connectivity index (χ0v) is 8.84. The third-order valence-corrected chi connectivity index (χ3v) is 2.78. The molecule has 0 bridgehead atoms. The molecule has 1 aromatic rings. The number of fused-ring (bicyclic) bond motifs is 1. The summed E-state index contributed by atoms with van der Waals surface area (Å²) >= 11 is 0. The second kappa shape index (κ2) is 3.62. The van der Waals surface area contributed by atoms with Crippen LogP contribution >= 0.6 is 0 Å². The molecule has 0 spiro atoms. The molecule has 0 saturated heterocycles. The van der Waals surface area contributed by atoms with Gasteiger partial charge in [-0.05, 0) is 43.9 Å². The van der Waals surface area contributed by atoms with Crippen molar-refractivity contribution in [2.24, 2.45) is 5.73 Å². The van der Waals surface area contributed by atoms with Crippen molar-refractivity contribution in [2.45, 2.75) is 32.7 Å². The molecule has 2 heteroatoms. The molecular weight excluding hydrogens is 174 g/mol. The largest absolute Gasteiger partial charge is 0.493 e. The summed E-state index contributed by atoms with van der Waals surface area (Å²) in [6.07, 6.45) is 2.07. The number of nitrogens with two attached hydrogens (primary N) is 1. The predicted octanol–water partition coefficient (Wildman–Crippen LogP) is 2.48. The molecule has 2 N–H and O–H groups in total. The van der Waals surface area contributed by atoms with Gasteiger partial charge in [0.25, 0.3) is 0 Å². The average molecular weight is 191 g/mol. The quantitative estimate of drug-likeness (QED) is 0.683. The fourth-order valence-electron chi connectivity index (χ4n) is 2.16. The van der Waals surface area contributed by atoms with Crippen LogP contribution in [0.5, 0.6) is 5.75 Å². The summed E-state index contributed by atoms with van der Waals surface area (Å²) in [5.74, 6) is 0.993. The summed E-state index contributed by atoms with van der Waals surface area (Å²) < 4.78 is 5.70. The first-order chi connectivity index (χ1) is 6.68. The molecule has 1 aliphatic rings. The first kappa shape index (κ1) is 9.53. The van der Waals surface area contributed by atoms with E-state index in [1.807, 2.05) is 0 Å². The van der Waals surface area contributed by atoms with Gasteiger partial charge in [0.05, 0.1) is 6.61 Å². The van der Waals surface area contributed by atoms with Crippen LogP contribution in [0.2, 0.25) is 0 Å². The average Bonchev–Trinajstić information content (AvgIpc) is 2.27. The van der Waals surface area contributed by atoms with Gasteiger partial charge in [0.2, 0.25) is 0 Å².